The van der Waals surface area contributed by atoms with E-state index in [1.54, 1.807) is 13.2 Å². The van der Waals surface area contributed by atoms with Gasteiger partial charge in [-0.15, -0.1) is 0 Å². The second-order valence-corrected chi connectivity index (χ2v) is 5.87. The normalized spacial score (nSPS) is 18.5. The van der Waals surface area contributed by atoms with Gasteiger partial charge in [-0.3, -0.25) is 9.58 Å². The molecule has 0 N–H and O–H groups in total. The van der Waals surface area contributed by atoms with Crippen LogP contribution >= 0.6 is 0 Å². The van der Waals surface area contributed by atoms with Crippen LogP contribution in [0.1, 0.15) is 41.8 Å². The zero-order valence-electron chi connectivity index (χ0n) is 12.9. The van der Waals surface area contributed by atoms with Gasteiger partial charge in [0.25, 0.3) is 6.43 Å². The van der Waals surface area contributed by atoms with Crippen LogP contribution in [0.3, 0.4) is 0 Å². The minimum Gasteiger partial charge on any atom is -0.292 e. The van der Waals surface area contributed by atoms with Gasteiger partial charge in [-0.2, -0.15) is 5.10 Å². The van der Waals surface area contributed by atoms with E-state index < -0.39 is 18.1 Å². The molecule has 1 aromatic carbocycles. The predicted octanol–water partition coefficient (Wildman–Crippen LogP) is 3.76. The predicted molar refractivity (Wildman–Crippen MR) is 77.1 cm³/mol. The average Bonchev–Trinajstić information content (AvgIpc) is 2.83. The topological polar surface area (TPSA) is 21.1 Å². The Hall–Kier alpha value is -1.89. The Morgan fingerprint density at radius 2 is 2.04 bits per heavy atom. The number of fused-ring (bicyclic) bond motifs is 1. The second kappa shape index (κ2) is 5.96. The van der Waals surface area contributed by atoms with Crippen LogP contribution in [-0.4, -0.2) is 21.2 Å². The van der Waals surface area contributed by atoms with Crippen LogP contribution in [0.5, 0.6) is 0 Å². The van der Waals surface area contributed by atoms with Crippen LogP contribution in [0.25, 0.3) is 0 Å². The summed E-state index contributed by atoms with van der Waals surface area (Å²) in [6.45, 7) is 2.62. The van der Waals surface area contributed by atoms with E-state index >= 15 is 0 Å². The molecule has 1 unspecified atom stereocenters. The maximum absolute atomic E-state index is 13.9. The van der Waals surface area contributed by atoms with E-state index in [4.69, 9.17) is 0 Å². The summed E-state index contributed by atoms with van der Waals surface area (Å²) in [6.07, 6.45) is -0.653. The summed E-state index contributed by atoms with van der Waals surface area (Å²) in [5.41, 5.74) is 1.29. The molecule has 2 aromatic rings. The first-order chi connectivity index (χ1) is 10.9. The van der Waals surface area contributed by atoms with Crippen molar-refractivity contribution in [3.8, 4) is 0 Å². The summed E-state index contributed by atoms with van der Waals surface area (Å²) < 4.78 is 54.8. The van der Waals surface area contributed by atoms with Gasteiger partial charge in [-0.05, 0) is 30.5 Å². The van der Waals surface area contributed by atoms with E-state index in [1.165, 1.54) is 10.7 Å². The fourth-order valence-electron chi connectivity index (χ4n) is 3.20. The van der Waals surface area contributed by atoms with Crippen LogP contribution in [0.2, 0.25) is 0 Å². The minimum atomic E-state index is -2.64. The number of nitrogens with zero attached hydrogens (tertiary/aromatic N) is 3. The summed E-state index contributed by atoms with van der Waals surface area (Å²) in [5, 5.41) is 3.79. The molecule has 3 rings (SSSR count). The first-order valence-corrected chi connectivity index (χ1v) is 7.39. The fourth-order valence-corrected chi connectivity index (χ4v) is 3.20. The van der Waals surface area contributed by atoms with Crippen molar-refractivity contribution in [1.82, 2.24) is 14.7 Å². The lowest BCUT2D eigenvalue weighted by Gasteiger charge is -2.35. The largest absolute Gasteiger partial charge is 0.292 e. The smallest absolute Gasteiger partial charge is 0.282 e. The number of hydrogen-bond donors (Lipinski definition) is 0. The van der Waals surface area contributed by atoms with Crippen molar-refractivity contribution in [3.63, 3.8) is 0 Å². The highest BCUT2D eigenvalue weighted by Crippen LogP contribution is 2.33. The molecule has 1 atom stereocenters. The van der Waals surface area contributed by atoms with Crippen molar-refractivity contribution < 1.29 is 17.6 Å². The highest BCUT2D eigenvalue weighted by atomic mass is 19.3. The number of aryl methyl sites for hydroxylation is 1. The zero-order valence-corrected chi connectivity index (χ0v) is 12.9. The molecule has 0 aliphatic carbocycles. The van der Waals surface area contributed by atoms with Crippen molar-refractivity contribution in [3.05, 3.63) is 52.3 Å². The molecule has 1 aromatic heterocycles. The van der Waals surface area contributed by atoms with Gasteiger partial charge in [0.05, 0.1) is 0 Å². The van der Waals surface area contributed by atoms with Crippen molar-refractivity contribution in [2.75, 3.05) is 6.54 Å². The van der Waals surface area contributed by atoms with Gasteiger partial charge in [-0.25, -0.2) is 17.6 Å². The number of benzene rings is 1. The molecule has 0 saturated carbocycles. The molecule has 2 heterocycles. The lowest BCUT2D eigenvalue weighted by Crippen LogP contribution is -2.34. The van der Waals surface area contributed by atoms with Gasteiger partial charge in [0.15, 0.2) is 0 Å². The summed E-state index contributed by atoms with van der Waals surface area (Å²) in [4.78, 5) is 1.93. The molecular weight excluding hydrogens is 310 g/mol. The number of rotatable bonds is 3. The van der Waals surface area contributed by atoms with Crippen molar-refractivity contribution in [2.24, 2.45) is 7.05 Å². The van der Waals surface area contributed by atoms with Crippen molar-refractivity contribution in [1.29, 1.82) is 0 Å². The second-order valence-electron chi connectivity index (χ2n) is 5.87. The van der Waals surface area contributed by atoms with Crippen LogP contribution in [0, 0.1) is 11.6 Å². The Labute approximate surface area is 131 Å². The molecule has 0 bridgehead atoms. The van der Waals surface area contributed by atoms with Crippen LogP contribution in [0.15, 0.2) is 18.3 Å². The third-order valence-corrected chi connectivity index (χ3v) is 4.36. The van der Waals surface area contributed by atoms with E-state index in [0.717, 1.165) is 6.07 Å². The van der Waals surface area contributed by atoms with Crippen LogP contribution in [0.4, 0.5) is 17.6 Å². The SMILES string of the molecule is CC1c2cc(F)cc(F)c2CCN1Cc1cn(C)nc1C(F)F. The number of hydrogen-bond acceptors (Lipinski definition) is 2. The van der Waals surface area contributed by atoms with Gasteiger partial charge in [-0.1, -0.05) is 0 Å². The molecule has 1 aliphatic rings. The molecular formula is C16H17F4N3. The molecule has 3 nitrogen and oxygen atoms in total. The summed E-state index contributed by atoms with van der Waals surface area (Å²) in [5.74, 6) is -1.16. The quantitative estimate of drug-likeness (QED) is 0.801. The minimum absolute atomic E-state index is 0.240. The molecule has 124 valence electrons. The number of aromatic nitrogens is 2. The Balaban J connectivity index is 1.88. The Bertz CT molecular complexity index is 726. The highest BCUT2D eigenvalue weighted by molar-refractivity contribution is 5.34. The van der Waals surface area contributed by atoms with E-state index in [1.807, 2.05) is 11.8 Å². The highest BCUT2D eigenvalue weighted by Gasteiger charge is 2.28. The molecule has 1 aliphatic heterocycles. The molecule has 0 amide bonds. The third kappa shape index (κ3) is 2.97. The van der Waals surface area contributed by atoms with E-state index in [-0.39, 0.29) is 18.3 Å². The van der Waals surface area contributed by atoms with Gasteiger partial charge >= 0.3 is 0 Å². The van der Waals surface area contributed by atoms with Gasteiger partial charge in [0.1, 0.15) is 17.3 Å². The van der Waals surface area contributed by atoms with Crippen LogP contribution < -0.4 is 0 Å². The molecule has 0 radical (unpaired) electrons. The number of halogens is 4. The molecule has 0 fully saturated rings. The number of alkyl halides is 2. The zero-order chi connectivity index (χ0) is 16.7. The summed E-state index contributed by atoms with van der Waals surface area (Å²) in [7, 11) is 1.59. The lowest BCUT2D eigenvalue weighted by molar-refractivity contribution is 0.139. The Morgan fingerprint density at radius 1 is 1.30 bits per heavy atom. The van der Waals surface area contributed by atoms with E-state index in [9.17, 15) is 17.6 Å². The van der Waals surface area contributed by atoms with Crippen molar-refractivity contribution in [2.45, 2.75) is 32.4 Å². The lowest BCUT2D eigenvalue weighted by atomic mass is 9.92. The molecule has 7 heteroatoms. The summed E-state index contributed by atoms with van der Waals surface area (Å²) >= 11 is 0. The van der Waals surface area contributed by atoms with Gasteiger partial charge in [0, 0.05) is 44.0 Å². The standard InChI is InChI=1S/C16H17F4N3/c1-9-13-5-11(17)6-14(18)12(13)3-4-23(9)8-10-7-22(2)21-15(10)16(19)20/h5-7,9,16H,3-4,8H2,1-2H3. The average molecular weight is 327 g/mol. The van der Waals surface area contributed by atoms with Crippen molar-refractivity contribution >= 4 is 0 Å². The van der Waals surface area contributed by atoms with E-state index in [0.29, 0.717) is 29.7 Å². The fraction of sp³-hybridized carbons (Fsp3) is 0.438. The van der Waals surface area contributed by atoms with Gasteiger partial charge < -0.3 is 0 Å². The Kier molecular flexibility index (Phi) is 4.14. The molecule has 0 saturated heterocycles. The molecule has 0 spiro atoms. The van der Waals surface area contributed by atoms with Crippen LogP contribution in [-0.2, 0) is 20.0 Å². The van der Waals surface area contributed by atoms with Gasteiger partial charge in [0.2, 0.25) is 0 Å². The maximum Gasteiger partial charge on any atom is 0.282 e. The first kappa shape index (κ1) is 16.0. The first-order valence-electron chi connectivity index (χ1n) is 7.39. The monoisotopic (exact) mass is 327 g/mol. The maximum atomic E-state index is 13.9. The Morgan fingerprint density at radius 3 is 2.74 bits per heavy atom. The molecule has 23 heavy (non-hydrogen) atoms. The van der Waals surface area contributed by atoms with E-state index in [2.05, 4.69) is 5.10 Å². The third-order valence-electron chi connectivity index (χ3n) is 4.36. The summed E-state index contributed by atoms with van der Waals surface area (Å²) in [6, 6.07) is 1.96.